The maximum atomic E-state index is 12.5. The third-order valence-corrected chi connectivity index (χ3v) is 5.09. The predicted molar refractivity (Wildman–Crippen MR) is 111 cm³/mol. The average molecular weight is 393 g/mol. The molecule has 1 saturated heterocycles. The van der Waals surface area contributed by atoms with E-state index in [2.05, 4.69) is 22.8 Å². The van der Waals surface area contributed by atoms with Crippen LogP contribution in [-0.4, -0.2) is 41.4 Å². The molecule has 152 valence electrons. The molecule has 1 aliphatic rings. The average Bonchev–Trinajstić information content (AvgIpc) is 3.00. The number of imide groups is 1. The van der Waals surface area contributed by atoms with Crippen LogP contribution in [0.4, 0.5) is 4.79 Å². The highest BCUT2D eigenvalue weighted by Crippen LogP contribution is 2.13. The van der Waals surface area contributed by atoms with Crippen molar-refractivity contribution in [1.82, 2.24) is 15.5 Å². The summed E-state index contributed by atoms with van der Waals surface area (Å²) in [7, 11) is 0. The van der Waals surface area contributed by atoms with Crippen molar-refractivity contribution in [2.45, 2.75) is 44.7 Å². The summed E-state index contributed by atoms with van der Waals surface area (Å²) < 4.78 is 0. The fourth-order valence-electron chi connectivity index (χ4n) is 3.44. The highest BCUT2D eigenvalue weighted by atomic mass is 16.2. The molecule has 2 atom stereocenters. The van der Waals surface area contributed by atoms with Gasteiger partial charge in [-0.25, -0.2) is 4.79 Å². The molecule has 0 unspecified atom stereocenters. The zero-order valence-electron chi connectivity index (χ0n) is 16.6. The first-order valence-corrected chi connectivity index (χ1v) is 10.0. The largest absolute Gasteiger partial charge is 0.352 e. The van der Waals surface area contributed by atoms with Gasteiger partial charge in [0, 0.05) is 6.04 Å². The van der Waals surface area contributed by atoms with Crippen molar-refractivity contribution in [3.05, 3.63) is 71.8 Å². The number of hydrogen-bond donors (Lipinski definition) is 2. The molecule has 0 bridgehead atoms. The van der Waals surface area contributed by atoms with E-state index in [1.807, 2.05) is 55.5 Å². The number of urea groups is 1. The Balaban J connectivity index is 1.44. The second kappa shape index (κ2) is 9.87. The van der Waals surface area contributed by atoms with Crippen LogP contribution in [0.25, 0.3) is 0 Å². The normalized spacial score (nSPS) is 17.1. The Morgan fingerprint density at radius 3 is 2.21 bits per heavy atom. The van der Waals surface area contributed by atoms with Crippen molar-refractivity contribution >= 4 is 17.8 Å². The second-order valence-electron chi connectivity index (χ2n) is 7.44. The molecule has 0 aliphatic carbocycles. The number of carbonyl (C=O) groups excluding carboxylic acids is 3. The molecule has 1 fully saturated rings. The Labute approximate surface area is 171 Å². The van der Waals surface area contributed by atoms with Crippen molar-refractivity contribution in [3.63, 3.8) is 0 Å². The zero-order valence-corrected chi connectivity index (χ0v) is 16.6. The third-order valence-electron chi connectivity index (χ3n) is 5.09. The van der Waals surface area contributed by atoms with Crippen LogP contribution in [0, 0.1) is 0 Å². The highest BCUT2D eigenvalue weighted by Gasteiger charge is 2.38. The molecule has 2 N–H and O–H groups in total. The molecule has 2 aromatic carbocycles. The van der Waals surface area contributed by atoms with E-state index in [4.69, 9.17) is 0 Å². The SMILES string of the molecule is C[C@H](CCc1ccccc1)NC(=O)CN1C(=O)N[C@H](CCc2ccccc2)C1=O. The lowest BCUT2D eigenvalue weighted by Gasteiger charge is -2.17. The van der Waals surface area contributed by atoms with Gasteiger partial charge in [0.25, 0.3) is 5.91 Å². The van der Waals surface area contributed by atoms with Gasteiger partial charge in [-0.15, -0.1) is 0 Å². The minimum absolute atomic E-state index is 0.0441. The Morgan fingerprint density at radius 2 is 1.59 bits per heavy atom. The summed E-state index contributed by atoms with van der Waals surface area (Å²) in [6.07, 6.45) is 2.84. The third kappa shape index (κ3) is 5.91. The first-order chi connectivity index (χ1) is 14.0. The highest BCUT2D eigenvalue weighted by molar-refractivity contribution is 6.06. The van der Waals surface area contributed by atoms with Gasteiger partial charge in [-0.05, 0) is 43.7 Å². The summed E-state index contributed by atoms with van der Waals surface area (Å²) in [6, 6.07) is 18.7. The van der Waals surface area contributed by atoms with E-state index in [1.165, 1.54) is 5.56 Å². The Bertz CT molecular complexity index is 839. The summed E-state index contributed by atoms with van der Waals surface area (Å²) in [5.41, 5.74) is 2.32. The van der Waals surface area contributed by atoms with Gasteiger partial charge < -0.3 is 10.6 Å². The van der Waals surface area contributed by atoms with Crippen molar-refractivity contribution in [2.24, 2.45) is 0 Å². The number of amides is 4. The van der Waals surface area contributed by atoms with Gasteiger partial charge in [-0.3, -0.25) is 14.5 Å². The van der Waals surface area contributed by atoms with E-state index in [1.54, 1.807) is 0 Å². The first-order valence-electron chi connectivity index (χ1n) is 10.0. The number of rotatable bonds is 9. The number of aryl methyl sites for hydroxylation is 2. The molecule has 29 heavy (non-hydrogen) atoms. The molecule has 6 heteroatoms. The van der Waals surface area contributed by atoms with Gasteiger partial charge in [-0.1, -0.05) is 60.7 Å². The molecule has 4 amide bonds. The second-order valence-corrected chi connectivity index (χ2v) is 7.44. The molecule has 0 radical (unpaired) electrons. The predicted octanol–water partition coefficient (Wildman–Crippen LogP) is 2.68. The van der Waals surface area contributed by atoms with E-state index in [0.717, 1.165) is 23.3 Å². The quantitative estimate of drug-likeness (QED) is 0.643. The van der Waals surface area contributed by atoms with E-state index in [9.17, 15) is 14.4 Å². The molecular weight excluding hydrogens is 366 g/mol. The Morgan fingerprint density at radius 1 is 1.00 bits per heavy atom. The molecule has 1 aliphatic heterocycles. The van der Waals surface area contributed by atoms with E-state index < -0.39 is 12.1 Å². The monoisotopic (exact) mass is 393 g/mol. The van der Waals surface area contributed by atoms with Crippen LogP contribution >= 0.6 is 0 Å². The summed E-state index contributed by atoms with van der Waals surface area (Å²) in [4.78, 5) is 38.0. The van der Waals surface area contributed by atoms with Crippen LogP contribution in [0.3, 0.4) is 0 Å². The van der Waals surface area contributed by atoms with Crippen LogP contribution in [0.5, 0.6) is 0 Å². The van der Waals surface area contributed by atoms with Crippen molar-refractivity contribution in [2.75, 3.05) is 6.54 Å². The van der Waals surface area contributed by atoms with E-state index in [0.29, 0.717) is 12.8 Å². The van der Waals surface area contributed by atoms with Crippen molar-refractivity contribution < 1.29 is 14.4 Å². The molecule has 0 aromatic heterocycles. The summed E-state index contributed by atoms with van der Waals surface area (Å²) >= 11 is 0. The summed E-state index contributed by atoms with van der Waals surface area (Å²) in [5, 5.41) is 5.56. The van der Waals surface area contributed by atoms with Gasteiger partial charge >= 0.3 is 6.03 Å². The van der Waals surface area contributed by atoms with E-state index >= 15 is 0 Å². The topological polar surface area (TPSA) is 78.5 Å². The molecular formula is C23H27N3O3. The van der Waals surface area contributed by atoms with Gasteiger partial charge in [0.15, 0.2) is 0 Å². The molecule has 2 aromatic rings. The number of nitrogens with zero attached hydrogens (tertiary/aromatic N) is 1. The fraction of sp³-hybridized carbons (Fsp3) is 0.348. The molecule has 0 saturated carbocycles. The van der Waals surface area contributed by atoms with Crippen LogP contribution < -0.4 is 10.6 Å². The van der Waals surface area contributed by atoms with Crippen LogP contribution in [0.1, 0.15) is 30.9 Å². The number of carbonyl (C=O) groups is 3. The number of nitrogens with one attached hydrogen (secondary N) is 2. The lowest BCUT2D eigenvalue weighted by atomic mass is 10.1. The maximum absolute atomic E-state index is 12.5. The zero-order chi connectivity index (χ0) is 20.6. The standard InChI is InChI=1S/C23H27N3O3/c1-17(12-13-18-8-4-2-5-9-18)24-21(27)16-26-22(28)20(25-23(26)29)15-14-19-10-6-3-7-11-19/h2-11,17,20H,12-16H2,1H3,(H,24,27)(H,25,29)/t17-,20-/m1/s1. The minimum atomic E-state index is -0.578. The lowest BCUT2D eigenvalue weighted by Crippen LogP contribution is -2.44. The van der Waals surface area contributed by atoms with Gasteiger partial charge in [0.05, 0.1) is 0 Å². The van der Waals surface area contributed by atoms with E-state index in [-0.39, 0.29) is 24.4 Å². The van der Waals surface area contributed by atoms with Gasteiger partial charge in [0.2, 0.25) is 5.91 Å². The minimum Gasteiger partial charge on any atom is -0.352 e. The molecule has 3 rings (SSSR count). The van der Waals surface area contributed by atoms with Crippen LogP contribution in [0.15, 0.2) is 60.7 Å². The number of hydrogen-bond acceptors (Lipinski definition) is 3. The molecule has 6 nitrogen and oxygen atoms in total. The van der Waals surface area contributed by atoms with Crippen LogP contribution in [-0.2, 0) is 22.4 Å². The summed E-state index contributed by atoms with van der Waals surface area (Å²) in [6.45, 7) is 1.68. The van der Waals surface area contributed by atoms with Gasteiger partial charge in [-0.2, -0.15) is 0 Å². The molecule has 1 heterocycles. The maximum Gasteiger partial charge on any atom is 0.325 e. The lowest BCUT2D eigenvalue weighted by molar-refractivity contribution is -0.132. The van der Waals surface area contributed by atoms with Crippen LogP contribution in [0.2, 0.25) is 0 Å². The Kier molecular flexibility index (Phi) is 7.00. The number of benzene rings is 2. The Hall–Kier alpha value is -3.15. The smallest absolute Gasteiger partial charge is 0.325 e. The van der Waals surface area contributed by atoms with Gasteiger partial charge in [0.1, 0.15) is 12.6 Å². The first kappa shape index (κ1) is 20.6. The van der Waals surface area contributed by atoms with Crippen molar-refractivity contribution in [3.8, 4) is 0 Å². The fourth-order valence-corrected chi connectivity index (χ4v) is 3.44. The summed E-state index contributed by atoms with van der Waals surface area (Å²) in [5.74, 6) is -0.657. The van der Waals surface area contributed by atoms with Crippen molar-refractivity contribution in [1.29, 1.82) is 0 Å². The molecule has 0 spiro atoms.